The molecule has 0 aliphatic carbocycles. The van der Waals surface area contributed by atoms with Gasteiger partial charge in [0, 0.05) is 44.0 Å². The normalized spacial score (nSPS) is 11.6. The lowest BCUT2D eigenvalue weighted by Crippen LogP contribution is -1.99. The van der Waals surface area contributed by atoms with Crippen molar-refractivity contribution in [2.24, 2.45) is 0 Å². The number of fused-ring (bicyclic) bond motifs is 6. The minimum Gasteiger partial charge on any atom is -0.309 e. The Hall–Kier alpha value is -6.64. The highest BCUT2D eigenvalue weighted by Gasteiger charge is 2.21. The summed E-state index contributed by atoms with van der Waals surface area (Å²) in [7, 11) is 0. The Labute approximate surface area is 290 Å². The van der Waals surface area contributed by atoms with E-state index in [-0.39, 0.29) is 0 Å². The first-order valence-corrected chi connectivity index (χ1v) is 17.2. The smallest absolute Gasteiger partial charge is 0.0620 e. The molecule has 0 amide bonds. The zero-order valence-electron chi connectivity index (χ0n) is 27.4. The van der Waals surface area contributed by atoms with Crippen LogP contribution in [0.1, 0.15) is 0 Å². The van der Waals surface area contributed by atoms with E-state index in [1.807, 2.05) is 0 Å². The van der Waals surface area contributed by atoms with Gasteiger partial charge < -0.3 is 9.13 Å². The Morgan fingerprint density at radius 1 is 0.260 bits per heavy atom. The molecular weight excluding hydrogens is 605 g/mol. The average molecular weight is 637 g/mol. The molecule has 0 saturated heterocycles. The summed E-state index contributed by atoms with van der Waals surface area (Å²) < 4.78 is 4.93. The molecule has 0 fully saturated rings. The number of hydrogen-bond acceptors (Lipinski definition) is 0. The van der Waals surface area contributed by atoms with Crippen molar-refractivity contribution < 1.29 is 0 Å². The average Bonchev–Trinajstić information content (AvgIpc) is 3.72. The second kappa shape index (κ2) is 11.5. The highest BCUT2D eigenvalue weighted by atomic mass is 15.0. The number of nitrogens with zero attached hydrogens (tertiary/aromatic N) is 2. The van der Waals surface area contributed by atoms with E-state index in [0.717, 1.165) is 11.4 Å². The van der Waals surface area contributed by atoms with Gasteiger partial charge in [-0.3, -0.25) is 0 Å². The monoisotopic (exact) mass is 636 g/mol. The molecule has 50 heavy (non-hydrogen) atoms. The van der Waals surface area contributed by atoms with Gasteiger partial charge in [0.05, 0.1) is 22.1 Å². The van der Waals surface area contributed by atoms with Gasteiger partial charge >= 0.3 is 0 Å². The Kier molecular flexibility index (Phi) is 6.53. The van der Waals surface area contributed by atoms with E-state index in [9.17, 15) is 0 Å². The molecule has 2 nitrogen and oxygen atoms in total. The third-order valence-electron chi connectivity index (χ3n) is 10.1. The lowest BCUT2D eigenvalue weighted by molar-refractivity contribution is 1.17. The van der Waals surface area contributed by atoms with E-state index in [0.29, 0.717) is 0 Å². The molecule has 8 aromatic carbocycles. The summed E-state index contributed by atoms with van der Waals surface area (Å²) in [5.41, 5.74) is 14.3. The van der Waals surface area contributed by atoms with Crippen LogP contribution in [0.3, 0.4) is 0 Å². The minimum absolute atomic E-state index is 1.14. The molecule has 0 unspecified atom stereocenters. The SMILES string of the molecule is c1ccc(-c2cc(-c3ccccc3)cc(-n3c4ccccc4c4cccc(-c5cccc6c7ccccc7n(-c7ccccc7)c56)c43)c2)cc1. The van der Waals surface area contributed by atoms with Crippen LogP contribution in [0.25, 0.3) is 88.4 Å². The number of aromatic nitrogens is 2. The molecule has 0 spiro atoms. The van der Waals surface area contributed by atoms with Crippen LogP contribution in [-0.2, 0) is 0 Å². The van der Waals surface area contributed by atoms with Crippen molar-refractivity contribution in [3.8, 4) is 44.8 Å². The van der Waals surface area contributed by atoms with Crippen molar-refractivity contribution in [3.05, 3.63) is 194 Å². The Bertz CT molecular complexity index is 2780. The Morgan fingerprint density at radius 3 is 1.16 bits per heavy atom. The molecular formula is C48H32N2. The molecule has 0 bridgehead atoms. The van der Waals surface area contributed by atoms with Crippen molar-refractivity contribution >= 4 is 43.6 Å². The van der Waals surface area contributed by atoms with Gasteiger partial charge in [-0.25, -0.2) is 0 Å². The maximum atomic E-state index is 2.49. The van der Waals surface area contributed by atoms with Crippen molar-refractivity contribution in [2.75, 3.05) is 0 Å². The summed E-state index contributed by atoms with van der Waals surface area (Å²) in [6.07, 6.45) is 0. The van der Waals surface area contributed by atoms with E-state index >= 15 is 0 Å². The second-order valence-corrected chi connectivity index (χ2v) is 12.9. The standard InChI is InChI=1S/C48H32N2/c1-4-16-33(17-5-1)35-30-36(34-18-6-2-7-19-34)32-38(31-35)50-46-29-13-11-23-40(46)42-25-15-27-44(48(42)50)43-26-14-24-41-39-22-10-12-28-45(39)49(47(41)43)37-20-8-3-9-21-37/h1-32H. The topological polar surface area (TPSA) is 9.86 Å². The fraction of sp³-hybridized carbons (Fsp3) is 0. The number of benzene rings is 8. The Morgan fingerprint density at radius 2 is 0.660 bits per heavy atom. The van der Waals surface area contributed by atoms with E-state index in [1.54, 1.807) is 0 Å². The van der Waals surface area contributed by atoms with Crippen molar-refractivity contribution in [3.63, 3.8) is 0 Å². The third kappa shape index (κ3) is 4.43. The van der Waals surface area contributed by atoms with Crippen molar-refractivity contribution in [2.45, 2.75) is 0 Å². The van der Waals surface area contributed by atoms with Crippen molar-refractivity contribution in [1.29, 1.82) is 0 Å². The first-order chi connectivity index (χ1) is 24.8. The second-order valence-electron chi connectivity index (χ2n) is 12.9. The molecule has 10 rings (SSSR count). The summed E-state index contributed by atoms with van der Waals surface area (Å²) >= 11 is 0. The van der Waals surface area contributed by atoms with Gasteiger partial charge in [0.1, 0.15) is 0 Å². The highest BCUT2D eigenvalue weighted by Crippen LogP contribution is 2.44. The van der Waals surface area contributed by atoms with Crippen LogP contribution in [0.5, 0.6) is 0 Å². The molecule has 0 aliphatic rings. The first-order valence-electron chi connectivity index (χ1n) is 17.2. The Balaban J connectivity index is 1.34. The highest BCUT2D eigenvalue weighted by molar-refractivity contribution is 6.19. The first kappa shape index (κ1) is 28.4. The van der Waals surface area contributed by atoms with Crippen LogP contribution >= 0.6 is 0 Å². The van der Waals surface area contributed by atoms with Crippen LogP contribution in [0.4, 0.5) is 0 Å². The lowest BCUT2D eigenvalue weighted by atomic mass is 9.97. The molecule has 0 N–H and O–H groups in total. The van der Waals surface area contributed by atoms with Crippen LogP contribution < -0.4 is 0 Å². The summed E-state index contributed by atoms with van der Waals surface area (Å²) in [5.74, 6) is 0. The summed E-state index contributed by atoms with van der Waals surface area (Å²) in [6.45, 7) is 0. The van der Waals surface area contributed by atoms with Crippen LogP contribution in [0.2, 0.25) is 0 Å². The third-order valence-corrected chi connectivity index (χ3v) is 10.1. The summed E-state index contributed by atoms with van der Waals surface area (Å²) in [4.78, 5) is 0. The van der Waals surface area contributed by atoms with Crippen LogP contribution in [-0.4, -0.2) is 9.13 Å². The van der Waals surface area contributed by atoms with Gasteiger partial charge in [0.15, 0.2) is 0 Å². The molecule has 2 heteroatoms. The minimum atomic E-state index is 1.14. The van der Waals surface area contributed by atoms with Gasteiger partial charge in [0.2, 0.25) is 0 Å². The number of hydrogen-bond donors (Lipinski definition) is 0. The fourth-order valence-electron chi connectivity index (χ4n) is 7.92. The maximum absolute atomic E-state index is 2.49. The largest absolute Gasteiger partial charge is 0.309 e. The zero-order valence-corrected chi connectivity index (χ0v) is 27.4. The molecule has 2 aromatic heterocycles. The van der Waals surface area contributed by atoms with E-state index in [2.05, 4.69) is 203 Å². The summed E-state index contributed by atoms with van der Waals surface area (Å²) in [5, 5.41) is 4.98. The van der Waals surface area contributed by atoms with Gasteiger partial charge in [0.25, 0.3) is 0 Å². The quantitative estimate of drug-likeness (QED) is 0.178. The summed E-state index contributed by atoms with van der Waals surface area (Å²) in [6, 6.07) is 70.4. The maximum Gasteiger partial charge on any atom is 0.0620 e. The van der Waals surface area contributed by atoms with E-state index < -0.39 is 0 Å². The molecule has 0 aliphatic heterocycles. The van der Waals surface area contributed by atoms with Gasteiger partial charge in [-0.2, -0.15) is 0 Å². The van der Waals surface area contributed by atoms with E-state index in [1.165, 1.54) is 77.0 Å². The molecule has 10 aromatic rings. The van der Waals surface area contributed by atoms with Gasteiger partial charge in [-0.05, 0) is 64.7 Å². The lowest BCUT2D eigenvalue weighted by Gasteiger charge is -2.17. The molecule has 0 saturated carbocycles. The van der Waals surface area contributed by atoms with E-state index in [4.69, 9.17) is 0 Å². The number of rotatable bonds is 5. The van der Waals surface area contributed by atoms with Gasteiger partial charge in [-0.1, -0.05) is 152 Å². The predicted molar refractivity (Wildman–Crippen MR) is 211 cm³/mol. The molecule has 0 radical (unpaired) electrons. The van der Waals surface area contributed by atoms with Crippen molar-refractivity contribution in [1.82, 2.24) is 9.13 Å². The fourth-order valence-corrected chi connectivity index (χ4v) is 7.92. The van der Waals surface area contributed by atoms with Crippen LogP contribution in [0, 0.1) is 0 Å². The molecule has 234 valence electrons. The molecule has 0 atom stereocenters. The van der Waals surface area contributed by atoms with Crippen LogP contribution in [0.15, 0.2) is 194 Å². The predicted octanol–water partition coefficient (Wildman–Crippen LogP) is 12.9. The van der Waals surface area contributed by atoms with Gasteiger partial charge in [-0.15, -0.1) is 0 Å². The zero-order chi connectivity index (χ0) is 33.0. The molecule has 2 heterocycles. The number of para-hydroxylation sites is 5.